The summed E-state index contributed by atoms with van der Waals surface area (Å²) in [5.41, 5.74) is 1.34. The van der Waals surface area contributed by atoms with E-state index < -0.39 is 43.6 Å². The molecular formula is C17H19F2N3O6S2. The number of hydrogen-bond donors (Lipinski definition) is 4. The van der Waals surface area contributed by atoms with Gasteiger partial charge in [0.05, 0.1) is 9.79 Å². The highest BCUT2D eigenvalue weighted by molar-refractivity contribution is 7.89. The van der Waals surface area contributed by atoms with Crippen molar-refractivity contribution in [1.29, 1.82) is 0 Å². The van der Waals surface area contributed by atoms with Crippen LogP contribution in [0.25, 0.3) is 0 Å². The van der Waals surface area contributed by atoms with Crippen LogP contribution in [0.4, 0.5) is 8.78 Å². The van der Waals surface area contributed by atoms with Crippen LogP contribution in [0.2, 0.25) is 0 Å². The molecule has 0 saturated carbocycles. The summed E-state index contributed by atoms with van der Waals surface area (Å²) in [6.07, 6.45) is -0.150. The first-order valence-corrected chi connectivity index (χ1v) is 11.5. The lowest BCUT2D eigenvalue weighted by molar-refractivity contribution is -0.131. The fourth-order valence-corrected chi connectivity index (χ4v) is 4.70. The van der Waals surface area contributed by atoms with Crippen LogP contribution in [0.1, 0.15) is 12.8 Å². The maximum absolute atomic E-state index is 13.0. The Kier molecular flexibility index (Phi) is 7.97. The molecule has 2 aromatic rings. The number of hydrogen-bond acceptors (Lipinski definition) is 6. The second-order valence-corrected chi connectivity index (χ2v) is 9.58. The molecule has 0 unspecified atom stereocenters. The van der Waals surface area contributed by atoms with Crippen LogP contribution in [0, 0.1) is 11.6 Å². The molecule has 2 rings (SSSR count). The number of sulfonamides is 2. The van der Waals surface area contributed by atoms with E-state index in [1.54, 1.807) is 0 Å². The van der Waals surface area contributed by atoms with Gasteiger partial charge in [-0.3, -0.25) is 10.0 Å². The van der Waals surface area contributed by atoms with Gasteiger partial charge in [-0.05, 0) is 61.4 Å². The molecule has 0 spiro atoms. The number of benzene rings is 2. The van der Waals surface area contributed by atoms with Crippen molar-refractivity contribution >= 4 is 26.0 Å². The SMILES string of the molecule is O=C(NO)[C@H](CCCNS(=O)(=O)c1ccc(F)cc1)NS(=O)(=O)c1ccc(F)cc1. The average Bonchev–Trinajstić information content (AvgIpc) is 2.70. The Labute approximate surface area is 172 Å². The van der Waals surface area contributed by atoms with Gasteiger partial charge < -0.3 is 0 Å². The van der Waals surface area contributed by atoms with Gasteiger partial charge in [-0.2, -0.15) is 4.72 Å². The normalized spacial score (nSPS) is 13.0. The van der Waals surface area contributed by atoms with Gasteiger partial charge in [-0.25, -0.2) is 35.8 Å². The summed E-state index contributed by atoms with van der Waals surface area (Å²) < 4.78 is 79.1. The maximum atomic E-state index is 13.0. The summed E-state index contributed by atoms with van der Waals surface area (Å²) in [6, 6.07) is 6.58. The second-order valence-electron chi connectivity index (χ2n) is 6.10. The third kappa shape index (κ3) is 6.53. The topological polar surface area (TPSA) is 142 Å². The zero-order valence-corrected chi connectivity index (χ0v) is 17.0. The molecule has 0 saturated heterocycles. The molecule has 9 nitrogen and oxygen atoms in total. The van der Waals surface area contributed by atoms with E-state index in [9.17, 15) is 30.4 Å². The number of carbonyl (C=O) groups is 1. The van der Waals surface area contributed by atoms with Gasteiger partial charge in [0.25, 0.3) is 5.91 Å². The van der Waals surface area contributed by atoms with E-state index in [1.807, 2.05) is 0 Å². The summed E-state index contributed by atoms with van der Waals surface area (Å²) in [5.74, 6) is -2.30. The molecule has 164 valence electrons. The lowest BCUT2D eigenvalue weighted by Gasteiger charge is -2.17. The van der Waals surface area contributed by atoms with Gasteiger partial charge >= 0.3 is 0 Å². The number of amides is 1. The van der Waals surface area contributed by atoms with Crippen LogP contribution < -0.4 is 14.9 Å². The van der Waals surface area contributed by atoms with E-state index in [4.69, 9.17) is 5.21 Å². The standard InChI is InChI=1S/C17H19F2N3O6S2/c18-12-3-7-14(8-4-12)29(25,26)20-11-1-2-16(17(23)21-24)22-30(27,28)15-9-5-13(19)6-10-15/h3-10,16,20,22,24H,1-2,11H2,(H,21,23)/t16-/m0/s1. The molecule has 30 heavy (non-hydrogen) atoms. The minimum Gasteiger partial charge on any atom is -0.289 e. The summed E-state index contributed by atoms with van der Waals surface area (Å²) in [7, 11) is -8.13. The molecular weight excluding hydrogens is 444 g/mol. The molecule has 13 heteroatoms. The van der Waals surface area contributed by atoms with Crippen LogP contribution in [-0.4, -0.2) is 40.5 Å². The predicted molar refractivity (Wildman–Crippen MR) is 101 cm³/mol. The van der Waals surface area contributed by atoms with E-state index in [0.29, 0.717) is 0 Å². The van der Waals surface area contributed by atoms with Crippen molar-refractivity contribution in [2.75, 3.05) is 6.54 Å². The Bertz CT molecular complexity index is 1080. The highest BCUT2D eigenvalue weighted by Gasteiger charge is 2.25. The van der Waals surface area contributed by atoms with E-state index in [0.717, 1.165) is 48.5 Å². The van der Waals surface area contributed by atoms with Crippen molar-refractivity contribution in [2.45, 2.75) is 28.7 Å². The number of hydroxylamine groups is 1. The van der Waals surface area contributed by atoms with Gasteiger partial charge in [0.2, 0.25) is 20.0 Å². The summed E-state index contributed by atoms with van der Waals surface area (Å²) in [4.78, 5) is 11.3. The van der Waals surface area contributed by atoms with Crippen LogP contribution in [-0.2, 0) is 24.8 Å². The first-order chi connectivity index (χ1) is 14.0. The van der Waals surface area contributed by atoms with E-state index in [2.05, 4.69) is 9.44 Å². The molecule has 0 bridgehead atoms. The Hall–Kier alpha value is -2.45. The Morgan fingerprint density at radius 3 is 1.80 bits per heavy atom. The summed E-state index contributed by atoms with van der Waals surface area (Å²) in [5, 5.41) is 8.84. The Morgan fingerprint density at radius 2 is 1.33 bits per heavy atom. The molecule has 0 radical (unpaired) electrons. The van der Waals surface area contributed by atoms with Crippen LogP contribution in [0.5, 0.6) is 0 Å². The third-order valence-corrected chi connectivity index (χ3v) is 6.90. The molecule has 0 fully saturated rings. The molecule has 1 atom stereocenters. The van der Waals surface area contributed by atoms with Crippen molar-refractivity contribution in [2.24, 2.45) is 0 Å². The fourth-order valence-electron chi connectivity index (χ4n) is 2.40. The summed E-state index contributed by atoms with van der Waals surface area (Å²) in [6.45, 7) is -0.160. The van der Waals surface area contributed by atoms with Crippen molar-refractivity contribution in [3.8, 4) is 0 Å². The van der Waals surface area contributed by atoms with Gasteiger partial charge in [-0.15, -0.1) is 0 Å². The van der Waals surface area contributed by atoms with E-state index in [1.165, 1.54) is 5.48 Å². The number of nitrogens with one attached hydrogen (secondary N) is 3. The van der Waals surface area contributed by atoms with Crippen molar-refractivity contribution in [1.82, 2.24) is 14.9 Å². The van der Waals surface area contributed by atoms with Crippen LogP contribution in [0.15, 0.2) is 58.3 Å². The maximum Gasteiger partial charge on any atom is 0.261 e. The number of halogens is 2. The smallest absolute Gasteiger partial charge is 0.261 e. The average molecular weight is 463 g/mol. The summed E-state index contributed by atoms with van der Waals surface area (Å²) >= 11 is 0. The van der Waals surface area contributed by atoms with Crippen molar-refractivity contribution in [3.05, 3.63) is 60.2 Å². The number of carbonyl (C=O) groups excluding carboxylic acids is 1. The first kappa shape index (κ1) is 23.8. The van der Waals surface area contributed by atoms with Crippen molar-refractivity contribution < 1.29 is 35.6 Å². The molecule has 0 aliphatic heterocycles. The van der Waals surface area contributed by atoms with Crippen LogP contribution >= 0.6 is 0 Å². The predicted octanol–water partition coefficient (Wildman–Crippen LogP) is 0.876. The molecule has 0 heterocycles. The molecule has 0 aliphatic carbocycles. The Balaban J connectivity index is 1.99. The van der Waals surface area contributed by atoms with Gasteiger partial charge in [0.1, 0.15) is 17.7 Å². The quantitative estimate of drug-likeness (QED) is 0.234. The third-order valence-electron chi connectivity index (χ3n) is 3.93. The minimum absolute atomic E-state index is 0.0183. The largest absolute Gasteiger partial charge is 0.289 e. The molecule has 4 N–H and O–H groups in total. The lowest BCUT2D eigenvalue weighted by atomic mass is 10.1. The first-order valence-electron chi connectivity index (χ1n) is 8.52. The van der Waals surface area contributed by atoms with Crippen LogP contribution in [0.3, 0.4) is 0 Å². The molecule has 1 amide bonds. The monoisotopic (exact) mass is 463 g/mol. The minimum atomic E-state index is -4.21. The number of rotatable bonds is 10. The highest BCUT2D eigenvalue weighted by Crippen LogP contribution is 2.13. The Morgan fingerprint density at radius 1 is 0.867 bits per heavy atom. The van der Waals surface area contributed by atoms with E-state index >= 15 is 0 Å². The molecule has 0 aromatic heterocycles. The molecule has 2 aromatic carbocycles. The lowest BCUT2D eigenvalue weighted by Crippen LogP contribution is -2.46. The highest BCUT2D eigenvalue weighted by atomic mass is 32.2. The fraction of sp³-hybridized carbons (Fsp3) is 0.235. The molecule has 0 aliphatic rings. The zero-order chi connectivity index (χ0) is 22.4. The second kappa shape index (κ2) is 10.0. The van der Waals surface area contributed by atoms with Gasteiger partial charge in [0.15, 0.2) is 0 Å². The van der Waals surface area contributed by atoms with Gasteiger partial charge in [-0.1, -0.05) is 0 Å². The van der Waals surface area contributed by atoms with Gasteiger partial charge in [0, 0.05) is 6.54 Å². The zero-order valence-electron chi connectivity index (χ0n) is 15.4. The van der Waals surface area contributed by atoms with E-state index in [-0.39, 0.29) is 29.2 Å². The van der Waals surface area contributed by atoms with Crippen molar-refractivity contribution in [3.63, 3.8) is 0 Å².